The zero-order chi connectivity index (χ0) is 8.72. The van der Waals surface area contributed by atoms with Crippen molar-refractivity contribution in [2.45, 2.75) is 19.3 Å². The van der Waals surface area contributed by atoms with Gasteiger partial charge in [-0.2, -0.15) is 0 Å². The first-order valence-electron chi connectivity index (χ1n) is 4.01. The van der Waals surface area contributed by atoms with Gasteiger partial charge in [-0.3, -0.25) is 4.79 Å². The number of hydrogen-bond acceptors (Lipinski definition) is 1. The molecule has 0 aromatic heterocycles. The third kappa shape index (κ3) is 0.876. The first kappa shape index (κ1) is 7.47. The molecular formula is C10H9FO. The lowest BCUT2D eigenvalue weighted by Gasteiger charge is -2.02. The van der Waals surface area contributed by atoms with Gasteiger partial charge in [-0.25, -0.2) is 4.39 Å². The summed E-state index contributed by atoms with van der Waals surface area (Å²) in [6.07, 6.45) is 0.455. The Balaban J connectivity index is 2.67. The minimum atomic E-state index is -0.245. The molecule has 0 N–H and O–H groups in total. The maximum absolute atomic E-state index is 13.2. The van der Waals surface area contributed by atoms with Gasteiger partial charge < -0.3 is 0 Å². The Bertz CT molecular complexity index is 344. The maximum Gasteiger partial charge on any atom is 0.163 e. The Hall–Kier alpha value is -1.18. The molecule has 1 nitrogen and oxygen atoms in total. The highest BCUT2D eigenvalue weighted by molar-refractivity contribution is 6.01. The SMILES string of the molecule is CC1CC(=O)c2cccc(F)c21. The van der Waals surface area contributed by atoms with Gasteiger partial charge >= 0.3 is 0 Å². The van der Waals surface area contributed by atoms with Gasteiger partial charge in [0.1, 0.15) is 5.82 Å². The summed E-state index contributed by atoms with van der Waals surface area (Å²) in [5, 5.41) is 0. The summed E-state index contributed by atoms with van der Waals surface area (Å²) in [5.41, 5.74) is 1.17. The zero-order valence-corrected chi connectivity index (χ0v) is 6.80. The second-order valence-corrected chi connectivity index (χ2v) is 3.23. The average molecular weight is 164 g/mol. The van der Waals surface area contributed by atoms with Crippen LogP contribution in [0, 0.1) is 5.82 Å². The summed E-state index contributed by atoms with van der Waals surface area (Å²) in [7, 11) is 0. The molecule has 0 bridgehead atoms. The van der Waals surface area contributed by atoms with Crippen LogP contribution in [-0.2, 0) is 0 Å². The number of hydrogen-bond donors (Lipinski definition) is 0. The molecule has 1 unspecified atom stereocenters. The highest BCUT2D eigenvalue weighted by atomic mass is 19.1. The fraction of sp³-hybridized carbons (Fsp3) is 0.300. The van der Waals surface area contributed by atoms with E-state index in [-0.39, 0.29) is 17.5 Å². The first-order chi connectivity index (χ1) is 5.70. The van der Waals surface area contributed by atoms with Crippen LogP contribution in [-0.4, -0.2) is 5.78 Å². The van der Waals surface area contributed by atoms with Gasteiger partial charge in [0.2, 0.25) is 0 Å². The number of benzene rings is 1. The zero-order valence-electron chi connectivity index (χ0n) is 6.80. The molecule has 1 aliphatic carbocycles. The first-order valence-corrected chi connectivity index (χ1v) is 4.01. The van der Waals surface area contributed by atoms with Crippen molar-refractivity contribution in [3.63, 3.8) is 0 Å². The van der Waals surface area contributed by atoms with Crippen LogP contribution in [0.1, 0.15) is 35.2 Å². The molecule has 1 aliphatic rings. The Morgan fingerprint density at radius 2 is 2.25 bits per heavy atom. The quantitative estimate of drug-likeness (QED) is 0.575. The van der Waals surface area contributed by atoms with E-state index in [1.807, 2.05) is 6.92 Å². The molecule has 62 valence electrons. The Morgan fingerprint density at radius 1 is 1.50 bits per heavy atom. The molecule has 12 heavy (non-hydrogen) atoms. The second-order valence-electron chi connectivity index (χ2n) is 3.23. The lowest BCUT2D eigenvalue weighted by molar-refractivity contribution is 0.0990. The highest BCUT2D eigenvalue weighted by Gasteiger charge is 2.28. The molecule has 2 rings (SSSR count). The van der Waals surface area contributed by atoms with E-state index in [1.54, 1.807) is 12.1 Å². The van der Waals surface area contributed by atoms with Crippen molar-refractivity contribution in [3.05, 3.63) is 35.1 Å². The lowest BCUT2D eigenvalue weighted by Crippen LogP contribution is -1.92. The number of carbonyl (C=O) groups is 1. The van der Waals surface area contributed by atoms with E-state index < -0.39 is 0 Å². The maximum atomic E-state index is 13.2. The van der Waals surface area contributed by atoms with Gasteiger partial charge in [0.05, 0.1) is 0 Å². The van der Waals surface area contributed by atoms with Crippen LogP contribution in [0.5, 0.6) is 0 Å². The van der Waals surface area contributed by atoms with Gasteiger partial charge in [0.25, 0.3) is 0 Å². The predicted molar refractivity (Wildman–Crippen MR) is 43.8 cm³/mol. The summed E-state index contributed by atoms with van der Waals surface area (Å²) in [5.74, 6) is -0.128. The van der Waals surface area contributed by atoms with Crippen molar-refractivity contribution < 1.29 is 9.18 Å². The molecular weight excluding hydrogens is 155 g/mol. The summed E-state index contributed by atoms with van der Waals surface area (Å²) in [6.45, 7) is 1.88. The normalized spacial score (nSPS) is 21.2. The number of Topliss-reactive ketones (excluding diaryl/α,β-unsaturated/α-hetero) is 1. The molecule has 2 heteroatoms. The van der Waals surface area contributed by atoms with Crippen LogP contribution in [0.4, 0.5) is 4.39 Å². The monoisotopic (exact) mass is 164 g/mol. The third-order valence-electron chi connectivity index (χ3n) is 2.34. The largest absolute Gasteiger partial charge is 0.294 e. The van der Waals surface area contributed by atoms with E-state index in [2.05, 4.69) is 0 Å². The van der Waals surface area contributed by atoms with Crippen LogP contribution >= 0.6 is 0 Å². The minimum Gasteiger partial charge on any atom is -0.294 e. The molecule has 0 heterocycles. The van der Waals surface area contributed by atoms with Crippen molar-refractivity contribution in [2.24, 2.45) is 0 Å². The molecule has 0 radical (unpaired) electrons. The topological polar surface area (TPSA) is 17.1 Å². The molecule has 0 fully saturated rings. The van der Waals surface area contributed by atoms with Crippen molar-refractivity contribution in [2.75, 3.05) is 0 Å². The van der Waals surface area contributed by atoms with E-state index in [9.17, 15) is 9.18 Å². The molecule has 0 spiro atoms. The number of ketones is 1. The smallest absolute Gasteiger partial charge is 0.163 e. The Labute approximate surface area is 70.2 Å². The number of fused-ring (bicyclic) bond motifs is 1. The van der Waals surface area contributed by atoms with Crippen molar-refractivity contribution >= 4 is 5.78 Å². The average Bonchev–Trinajstić information content (AvgIpc) is 2.29. The van der Waals surface area contributed by atoms with Crippen molar-refractivity contribution in [3.8, 4) is 0 Å². The number of halogens is 1. The summed E-state index contributed by atoms with van der Waals surface area (Å²) in [6, 6.07) is 4.70. The lowest BCUT2D eigenvalue weighted by atomic mass is 10.0. The van der Waals surface area contributed by atoms with Gasteiger partial charge in [-0.15, -0.1) is 0 Å². The summed E-state index contributed by atoms with van der Waals surface area (Å²) < 4.78 is 13.2. The Kier molecular flexibility index (Phi) is 1.50. The van der Waals surface area contributed by atoms with Crippen LogP contribution < -0.4 is 0 Å². The summed E-state index contributed by atoms with van der Waals surface area (Å²) in [4.78, 5) is 11.3. The van der Waals surface area contributed by atoms with Crippen molar-refractivity contribution in [1.82, 2.24) is 0 Å². The predicted octanol–water partition coefficient (Wildman–Crippen LogP) is 2.52. The van der Waals surface area contributed by atoms with Crippen LogP contribution in [0.15, 0.2) is 18.2 Å². The molecule has 1 aromatic carbocycles. The van der Waals surface area contributed by atoms with E-state index in [0.29, 0.717) is 17.5 Å². The molecule has 0 aliphatic heterocycles. The van der Waals surface area contributed by atoms with Crippen LogP contribution in [0.2, 0.25) is 0 Å². The number of rotatable bonds is 0. The fourth-order valence-electron chi connectivity index (χ4n) is 1.77. The van der Waals surface area contributed by atoms with E-state index in [1.165, 1.54) is 6.07 Å². The van der Waals surface area contributed by atoms with Gasteiger partial charge in [-0.05, 0) is 12.0 Å². The minimum absolute atomic E-state index is 0.0497. The Morgan fingerprint density at radius 3 is 2.92 bits per heavy atom. The van der Waals surface area contributed by atoms with Gasteiger partial charge in [-0.1, -0.05) is 19.1 Å². The molecule has 1 atom stereocenters. The van der Waals surface area contributed by atoms with E-state index >= 15 is 0 Å². The van der Waals surface area contributed by atoms with Crippen LogP contribution in [0.25, 0.3) is 0 Å². The molecule has 0 saturated heterocycles. The van der Waals surface area contributed by atoms with E-state index in [4.69, 9.17) is 0 Å². The van der Waals surface area contributed by atoms with Crippen LogP contribution in [0.3, 0.4) is 0 Å². The molecule has 0 saturated carbocycles. The standard InChI is InChI=1S/C10H9FO/c1-6-5-9(12)7-3-2-4-8(11)10(6)7/h2-4,6H,5H2,1H3. The second kappa shape index (κ2) is 2.41. The number of carbonyl (C=O) groups excluding carboxylic acids is 1. The molecule has 1 aromatic rings. The third-order valence-corrected chi connectivity index (χ3v) is 2.34. The molecule has 0 amide bonds. The highest BCUT2D eigenvalue weighted by Crippen LogP contribution is 2.33. The van der Waals surface area contributed by atoms with Crippen molar-refractivity contribution in [1.29, 1.82) is 0 Å². The van der Waals surface area contributed by atoms with E-state index in [0.717, 1.165) is 0 Å². The fourth-order valence-corrected chi connectivity index (χ4v) is 1.77. The summed E-state index contributed by atoms with van der Waals surface area (Å²) >= 11 is 0. The van der Waals surface area contributed by atoms with Gasteiger partial charge in [0.15, 0.2) is 5.78 Å². The van der Waals surface area contributed by atoms with Gasteiger partial charge in [0, 0.05) is 17.5 Å².